The Balaban J connectivity index is 1.65. The molecular weight excluding hydrogens is 382 g/mol. The Bertz CT molecular complexity index is 923. The van der Waals surface area contributed by atoms with Crippen LogP contribution in [0.2, 0.25) is 5.02 Å². The topological polar surface area (TPSA) is 63.9 Å². The van der Waals surface area contributed by atoms with Gasteiger partial charge in [0.05, 0.1) is 5.75 Å². The van der Waals surface area contributed by atoms with Crippen LogP contribution in [0.25, 0.3) is 17.1 Å². The van der Waals surface area contributed by atoms with Crippen molar-refractivity contribution >= 4 is 29.3 Å². The summed E-state index contributed by atoms with van der Waals surface area (Å²) < 4.78 is 1.95. The maximum Gasteiger partial charge on any atom is 0.233 e. The largest absolute Gasteiger partial charge is 0.342 e. The van der Waals surface area contributed by atoms with Gasteiger partial charge in [0, 0.05) is 41.8 Å². The van der Waals surface area contributed by atoms with Gasteiger partial charge >= 0.3 is 0 Å². The molecule has 2 aromatic heterocycles. The number of amides is 1. The second-order valence-electron chi connectivity index (χ2n) is 6.23. The van der Waals surface area contributed by atoms with Gasteiger partial charge in [-0.2, -0.15) is 0 Å². The van der Waals surface area contributed by atoms with Crippen LogP contribution in [-0.4, -0.2) is 49.4 Å². The van der Waals surface area contributed by atoms with Crippen molar-refractivity contribution in [2.45, 2.75) is 18.0 Å². The SMILES string of the molecule is O=C(CSc1nnc(-c2ccncc2)n1-c1ccc(Cl)cc1)N1CCCC1. The Kier molecular flexibility index (Phi) is 5.40. The number of hydrogen-bond acceptors (Lipinski definition) is 5. The summed E-state index contributed by atoms with van der Waals surface area (Å²) in [6.45, 7) is 1.71. The lowest BCUT2D eigenvalue weighted by atomic mass is 10.2. The Morgan fingerprint density at radius 2 is 1.74 bits per heavy atom. The fourth-order valence-corrected chi connectivity index (χ4v) is 4.04. The Labute approximate surface area is 166 Å². The van der Waals surface area contributed by atoms with Gasteiger partial charge in [-0.05, 0) is 49.2 Å². The third-order valence-electron chi connectivity index (χ3n) is 4.44. The highest BCUT2D eigenvalue weighted by atomic mass is 35.5. The first-order valence-electron chi connectivity index (χ1n) is 8.75. The van der Waals surface area contributed by atoms with Crippen LogP contribution in [0, 0.1) is 0 Å². The number of carbonyl (C=O) groups is 1. The molecule has 0 spiro atoms. The Morgan fingerprint density at radius 1 is 1.04 bits per heavy atom. The minimum atomic E-state index is 0.147. The van der Waals surface area contributed by atoms with Crippen LogP contribution >= 0.6 is 23.4 Å². The van der Waals surface area contributed by atoms with E-state index < -0.39 is 0 Å². The summed E-state index contributed by atoms with van der Waals surface area (Å²) in [4.78, 5) is 18.4. The third-order valence-corrected chi connectivity index (χ3v) is 5.61. The van der Waals surface area contributed by atoms with Crippen LogP contribution in [0.4, 0.5) is 0 Å². The molecule has 4 rings (SSSR count). The monoisotopic (exact) mass is 399 g/mol. The molecule has 0 unspecified atom stereocenters. The fraction of sp³-hybridized carbons (Fsp3) is 0.263. The van der Waals surface area contributed by atoms with Crippen molar-refractivity contribution in [2.75, 3.05) is 18.8 Å². The first-order chi connectivity index (χ1) is 13.2. The molecule has 1 aliphatic heterocycles. The fourth-order valence-electron chi connectivity index (χ4n) is 3.06. The van der Waals surface area contributed by atoms with Gasteiger partial charge in [-0.25, -0.2) is 0 Å². The summed E-state index contributed by atoms with van der Waals surface area (Å²) >= 11 is 7.45. The van der Waals surface area contributed by atoms with Crippen molar-refractivity contribution < 1.29 is 4.79 Å². The average Bonchev–Trinajstić information content (AvgIpc) is 3.38. The second-order valence-corrected chi connectivity index (χ2v) is 7.61. The summed E-state index contributed by atoms with van der Waals surface area (Å²) in [5.74, 6) is 1.20. The standard InChI is InChI=1S/C19H18ClN5OS/c20-15-3-5-16(6-4-15)25-18(14-7-9-21-10-8-14)22-23-19(25)27-13-17(26)24-11-1-2-12-24/h3-10H,1-2,11-13H2. The maximum atomic E-state index is 12.4. The van der Waals surface area contributed by atoms with Crippen LogP contribution in [0.3, 0.4) is 0 Å². The van der Waals surface area contributed by atoms with Gasteiger partial charge in [0.1, 0.15) is 0 Å². The summed E-state index contributed by atoms with van der Waals surface area (Å²) in [7, 11) is 0. The van der Waals surface area contributed by atoms with Gasteiger partial charge in [-0.15, -0.1) is 10.2 Å². The van der Waals surface area contributed by atoms with E-state index in [1.165, 1.54) is 11.8 Å². The Morgan fingerprint density at radius 3 is 2.44 bits per heavy atom. The molecule has 1 aliphatic rings. The molecule has 8 heteroatoms. The van der Waals surface area contributed by atoms with E-state index in [4.69, 9.17) is 11.6 Å². The van der Waals surface area contributed by atoms with Crippen molar-refractivity contribution in [3.05, 3.63) is 53.8 Å². The lowest BCUT2D eigenvalue weighted by Crippen LogP contribution is -2.29. The molecule has 0 radical (unpaired) electrons. The smallest absolute Gasteiger partial charge is 0.233 e. The number of thioether (sulfide) groups is 1. The van der Waals surface area contributed by atoms with Gasteiger partial charge in [0.25, 0.3) is 0 Å². The molecule has 138 valence electrons. The van der Waals surface area contributed by atoms with E-state index in [1.54, 1.807) is 12.4 Å². The number of benzene rings is 1. The first-order valence-corrected chi connectivity index (χ1v) is 10.1. The average molecular weight is 400 g/mol. The lowest BCUT2D eigenvalue weighted by Gasteiger charge is -2.15. The molecule has 1 saturated heterocycles. The van der Waals surface area contributed by atoms with Crippen LogP contribution in [0.5, 0.6) is 0 Å². The zero-order valence-electron chi connectivity index (χ0n) is 14.6. The number of carbonyl (C=O) groups excluding carboxylic acids is 1. The van der Waals surface area contributed by atoms with E-state index in [1.807, 2.05) is 45.9 Å². The number of hydrogen-bond donors (Lipinski definition) is 0. The summed E-state index contributed by atoms with van der Waals surface area (Å²) in [6.07, 6.45) is 5.62. The molecule has 1 fully saturated rings. The molecule has 3 heterocycles. The van der Waals surface area contributed by atoms with E-state index in [-0.39, 0.29) is 5.91 Å². The molecular formula is C19H18ClN5OS. The molecule has 1 aromatic carbocycles. The van der Waals surface area contributed by atoms with E-state index in [0.717, 1.165) is 37.2 Å². The summed E-state index contributed by atoms with van der Waals surface area (Å²) in [6, 6.07) is 11.3. The van der Waals surface area contributed by atoms with Crippen LogP contribution in [0.15, 0.2) is 53.9 Å². The van der Waals surface area contributed by atoms with E-state index in [2.05, 4.69) is 15.2 Å². The van der Waals surface area contributed by atoms with Gasteiger partial charge in [-0.3, -0.25) is 14.3 Å². The van der Waals surface area contributed by atoms with Crippen LogP contribution in [0.1, 0.15) is 12.8 Å². The predicted octanol–water partition coefficient (Wildman–Crippen LogP) is 3.70. The van der Waals surface area contributed by atoms with Crippen LogP contribution in [-0.2, 0) is 4.79 Å². The highest BCUT2D eigenvalue weighted by Crippen LogP contribution is 2.28. The third kappa shape index (κ3) is 3.99. The molecule has 0 aliphatic carbocycles. The van der Waals surface area contributed by atoms with Crippen molar-refractivity contribution in [1.82, 2.24) is 24.6 Å². The van der Waals surface area contributed by atoms with Crippen molar-refractivity contribution in [3.63, 3.8) is 0 Å². The Hall–Kier alpha value is -2.38. The number of aromatic nitrogens is 4. The highest BCUT2D eigenvalue weighted by molar-refractivity contribution is 7.99. The van der Waals surface area contributed by atoms with Gasteiger partial charge in [0.15, 0.2) is 11.0 Å². The minimum Gasteiger partial charge on any atom is -0.342 e. The van der Waals surface area contributed by atoms with Crippen LogP contribution < -0.4 is 0 Å². The lowest BCUT2D eigenvalue weighted by molar-refractivity contribution is -0.127. The van der Waals surface area contributed by atoms with Crippen molar-refractivity contribution in [3.8, 4) is 17.1 Å². The van der Waals surface area contributed by atoms with Gasteiger partial charge < -0.3 is 4.90 Å². The molecule has 6 nitrogen and oxygen atoms in total. The van der Waals surface area contributed by atoms with E-state index in [9.17, 15) is 4.79 Å². The highest BCUT2D eigenvalue weighted by Gasteiger charge is 2.21. The quantitative estimate of drug-likeness (QED) is 0.612. The van der Waals surface area contributed by atoms with Crippen molar-refractivity contribution in [2.24, 2.45) is 0 Å². The molecule has 0 saturated carbocycles. The summed E-state index contributed by atoms with van der Waals surface area (Å²) in [5, 5.41) is 10.0. The van der Waals surface area contributed by atoms with Gasteiger partial charge in [-0.1, -0.05) is 23.4 Å². The van der Waals surface area contributed by atoms with E-state index in [0.29, 0.717) is 21.8 Å². The zero-order chi connectivity index (χ0) is 18.6. The normalized spacial score (nSPS) is 13.9. The molecule has 27 heavy (non-hydrogen) atoms. The minimum absolute atomic E-state index is 0.147. The van der Waals surface area contributed by atoms with E-state index >= 15 is 0 Å². The molecule has 1 amide bonds. The predicted molar refractivity (Wildman–Crippen MR) is 106 cm³/mol. The molecule has 3 aromatic rings. The number of likely N-dealkylation sites (tertiary alicyclic amines) is 1. The molecule has 0 N–H and O–H groups in total. The number of rotatable bonds is 5. The zero-order valence-corrected chi connectivity index (χ0v) is 16.2. The first kappa shape index (κ1) is 18.0. The number of halogens is 1. The molecule has 0 atom stereocenters. The second kappa shape index (κ2) is 8.10. The number of pyridine rings is 1. The summed E-state index contributed by atoms with van der Waals surface area (Å²) in [5.41, 5.74) is 1.80. The molecule has 0 bridgehead atoms. The maximum absolute atomic E-state index is 12.4. The number of nitrogens with zero attached hydrogens (tertiary/aromatic N) is 5. The van der Waals surface area contributed by atoms with Gasteiger partial charge in [0.2, 0.25) is 5.91 Å². The van der Waals surface area contributed by atoms with Crippen molar-refractivity contribution in [1.29, 1.82) is 0 Å².